The maximum absolute atomic E-state index is 10.2. The third-order valence-corrected chi connectivity index (χ3v) is 2.94. The van der Waals surface area contributed by atoms with Crippen LogP contribution in [0.15, 0.2) is 48.8 Å². The number of nitrogens with zero attached hydrogens (tertiary/aromatic N) is 1. The smallest absolute Gasteiger partial charge is 0.104 e. The molecule has 1 aromatic carbocycles. The summed E-state index contributed by atoms with van der Waals surface area (Å²) >= 11 is 0. The summed E-state index contributed by atoms with van der Waals surface area (Å²) in [6, 6.07) is 11.8. The van der Waals surface area contributed by atoms with Gasteiger partial charge in [-0.05, 0) is 34.7 Å². The van der Waals surface area contributed by atoms with Gasteiger partial charge in [0.05, 0.1) is 0 Å². The zero-order chi connectivity index (χ0) is 12.3. The first-order chi connectivity index (χ1) is 8.18. The molecular weight excluding hydrogens is 210 g/mol. The van der Waals surface area contributed by atoms with Crippen LogP contribution in [0.4, 0.5) is 0 Å². The molecule has 2 nitrogen and oxygen atoms in total. The summed E-state index contributed by atoms with van der Waals surface area (Å²) in [7, 11) is 0. The first kappa shape index (κ1) is 11.8. The van der Waals surface area contributed by atoms with E-state index in [2.05, 4.69) is 31.0 Å². The topological polar surface area (TPSA) is 33.1 Å². The second-order valence-corrected chi connectivity index (χ2v) is 4.50. The highest BCUT2D eigenvalue weighted by Gasteiger charge is 2.10. The average Bonchev–Trinajstić information content (AvgIpc) is 2.39. The third kappa shape index (κ3) is 2.71. The Kier molecular flexibility index (Phi) is 3.55. The quantitative estimate of drug-likeness (QED) is 0.872. The molecule has 0 radical (unpaired) electrons. The van der Waals surface area contributed by atoms with Crippen molar-refractivity contribution < 1.29 is 5.11 Å². The van der Waals surface area contributed by atoms with E-state index in [4.69, 9.17) is 0 Å². The van der Waals surface area contributed by atoms with Gasteiger partial charge in [0.2, 0.25) is 0 Å². The van der Waals surface area contributed by atoms with E-state index in [-0.39, 0.29) is 0 Å². The highest BCUT2D eigenvalue weighted by Crippen LogP contribution is 2.23. The fraction of sp³-hybridized carbons (Fsp3) is 0.267. The molecular formula is C15H17NO. The average molecular weight is 227 g/mol. The van der Waals surface area contributed by atoms with Gasteiger partial charge in [0.25, 0.3) is 0 Å². The Hall–Kier alpha value is -1.67. The van der Waals surface area contributed by atoms with E-state index >= 15 is 0 Å². The van der Waals surface area contributed by atoms with Crippen LogP contribution in [0.2, 0.25) is 0 Å². The van der Waals surface area contributed by atoms with Crippen molar-refractivity contribution in [1.82, 2.24) is 4.98 Å². The van der Waals surface area contributed by atoms with Gasteiger partial charge in [0.1, 0.15) is 6.10 Å². The normalized spacial score (nSPS) is 12.7. The van der Waals surface area contributed by atoms with Crippen molar-refractivity contribution >= 4 is 0 Å². The van der Waals surface area contributed by atoms with Crippen molar-refractivity contribution in [2.45, 2.75) is 25.9 Å². The van der Waals surface area contributed by atoms with Gasteiger partial charge in [0.15, 0.2) is 0 Å². The largest absolute Gasteiger partial charge is 0.384 e. The summed E-state index contributed by atoms with van der Waals surface area (Å²) in [6.07, 6.45) is 2.82. The summed E-state index contributed by atoms with van der Waals surface area (Å²) in [4.78, 5) is 3.95. The molecule has 0 aliphatic rings. The molecule has 2 heteroatoms. The van der Waals surface area contributed by atoms with E-state index in [1.165, 1.54) is 5.56 Å². The SMILES string of the molecule is CC(C)c1ccc(C(O)c2ccncc2)cc1. The highest BCUT2D eigenvalue weighted by molar-refractivity contribution is 5.31. The molecule has 0 amide bonds. The number of aliphatic hydroxyl groups is 1. The fourth-order valence-electron chi connectivity index (χ4n) is 1.80. The molecule has 2 aromatic rings. The van der Waals surface area contributed by atoms with Crippen molar-refractivity contribution in [2.24, 2.45) is 0 Å². The minimum Gasteiger partial charge on any atom is -0.384 e. The van der Waals surface area contributed by atoms with Gasteiger partial charge in [-0.2, -0.15) is 0 Å². The Morgan fingerprint density at radius 3 is 1.82 bits per heavy atom. The number of benzene rings is 1. The molecule has 0 saturated heterocycles. The van der Waals surface area contributed by atoms with Gasteiger partial charge in [-0.3, -0.25) is 4.98 Å². The molecule has 1 N–H and O–H groups in total. The van der Waals surface area contributed by atoms with Crippen LogP contribution in [-0.2, 0) is 0 Å². The van der Waals surface area contributed by atoms with Crippen molar-refractivity contribution in [3.8, 4) is 0 Å². The van der Waals surface area contributed by atoms with Crippen LogP contribution in [0.3, 0.4) is 0 Å². The predicted octanol–water partition coefficient (Wildman–Crippen LogP) is 3.29. The maximum Gasteiger partial charge on any atom is 0.104 e. The van der Waals surface area contributed by atoms with Crippen LogP contribution in [0.1, 0.15) is 42.6 Å². The summed E-state index contributed by atoms with van der Waals surface area (Å²) in [5.41, 5.74) is 3.08. The van der Waals surface area contributed by atoms with Crippen LogP contribution in [0, 0.1) is 0 Å². The summed E-state index contributed by atoms with van der Waals surface area (Å²) in [5.74, 6) is 0.516. The monoisotopic (exact) mass is 227 g/mol. The standard InChI is InChI=1S/C15H17NO/c1-11(2)12-3-5-13(6-4-12)15(17)14-7-9-16-10-8-14/h3-11,15,17H,1-2H3. The summed E-state index contributed by atoms with van der Waals surface area (Å²) in [5, 5.41) is 10.2. The highest BCUT2D eigenvalue weighted by atomic mass is 16.3. The van der Waals surface area contributed by atoms with Gasteiger partial charge < -0.3 is 5.11 Å². The molecule has 0 bridgehead atoms. The van der Waals surface area contributed by atoms with Gasteiger partial charge in [-0.15, -0.1) is 0 Å². The lowest BCUT2D eigenvalue weighted by atomic mass is 9.97. The predicted molar refractivity (Wildman–Crippen MR) is 68.8 cm³/mol. The zero-order valence-electron chi connectivity index (χ0n) is 10.2. The summed E-state index contributed by atoms with van der Waals surface area (Å²) in [6.45, 7) is 4.32. The molecule has 0 aliphatic carbocycles. The molecule has 2 rings (SSSR count). The van der Waals surface area contributed by atoms with Crippen LogP contribution < -0.4 is 0 Å². The second kappa shape index (κ2) is 5.11. The maximum atomic E-state index is 10.2. The van der Waals surface area contributed by atoms with Gasteiger partial charge in [-0.25, -0.2) is 0 Å². The van der Waals surface area contributed by atoms with Crippen LogP contribution >= 0.6 is 0 Å². The first-order valence-corrected chi connectivity index (χ1v) is 5.86. The van der Waals surface area contributed by atoms with Gasteiger partial charge >= 0.3 is 0 Å². The molecule has 1 atom stereocenters. The van der Waals surface area contributed by atoms with E-state index in [0.717, 1.165) is 11.1 Å². The Balaban J connectivity index is 2.23. The Bertz CT molecular complexity index is 462. The lowest BCUT2D eigenvalue weighted by molar-refractivity contribution is 0.220. The number of rotatable bonds is 3. The molecule has 1 heterocycles. The molecule has 88 valence electrons. The van der Waals surface area contributed by atoms with Crippen molar-refractivity contribution in [2.75, 3.05) is 0 Å². The zero-order valence-corrected chi connectivity index (χ0v) is 10.2. The van der Waals surface area contributed by atoms with Gasteiger partial charge in [0, 0.05) is 12.4 Å². The number of hydrogen-bond acceptors (Lipinski definition) is 2. The van der Waals surface area contributed by atoms with Crippen LogP contribution in [0.5, 0.6) is 0 Å². The summed E-state index contributed by atoms with van der Waals surface area (Å²) < 4.78 is 0. The molecule has 17 heavy (non-hydrogen) atoms. The number of hydrogen-bond donors (Lipinski definition) is 1. The van der Waals surface area contributed by atoms with E-state index in [1.54, 1.807) is 12.4 Å². The van der Waals surface area contributed by atoms with Crippen molar-refractivity contribution in [1.29, 1.82) is 0 Å². The molecule has 0 spiro atoms. The van der Waals surface area contributed by atoms with Crippen molar-refractivity contribution in [3.63, 3.8) is 0 Å². The first-order valence-electron chi connectivity index (χ1n) is 5.86. The fourth-order valence-corrected chi connectivity index (χ4v) is 1.80. The molecule has 0 fully saturated rings. The third-order valence-electron chi connectivity index (χ3n) is 2.94. The van der Waals surface area contributed by atoms with Crippen LogP contribution in [-0.4, -0.2) is 10.1 Å². The van der Waals surface area contributed by atoms with Gasteiger partial charge in [-0.1, -0.05) is 38.1 Å². The Morgan fingerprint density at radius 1 is 0.824 bits per heavy atom. The molecule has 1 unspecified atom stereocenters. The Labute approximate surface area is 102 Å². The molecule has 0 aliphatic heterocycles. The van der Waals surface area contributed by atoms with E-state index in [0.29, 0.717) is 5.92 Å². The van der Waals surface area contributed by atoms with E-state index in [1.807, 2.05) is 24.3 Å². The molecule has 0 saturated carbocycles. The lowest BCUT2D eigenvalue weighted by Crippen LogP contribution is -2.00. The number of pyridine rings is 1. The second-order valence-electron chi connectivity index (χ2n) is 4.50. The van der Waals surface area contributed by atoms with Crippen LogP contribution in [0.25, 0.3) is 0 Å². The van der Waals surface area contributed by atoms with Crippen molar-refractivity contribution in [3.05, 3.63) is 65.5 Å². The van der Waals surface area contributed by atoms with E-state index in [9.17, 15) is 5.11 Å². The minimum absolute atomic E-state index is 0.516. The van der Waals surface area contributed by atoms with E-state index < -0.39 is 6.10 Å². The Morgan fingerprint density at radius 2 is 1.29 bits per heavy atom. The minimum atomic E-state index is -0.570. The lowest BCUT2D eigenvalue weighted by Gasteiger charge is -2.12. The number of aliphatic hydroxyl groups excluding tert-OH is 1. The molecule has 1 aromatic heterocycles. The number of aromatic nitrogens is 1.